The van der Waals surface area contributed by atoms with Crippen LogP contribution in [0.2, 0.25) is 0 Å². The summed E-state index contributed by atoms with van der Waals surface area (Å²) in [6.07, 6.45) is 1.06. The normalized spacial score (nSPS) is 21.1. The monoisotopic (exact) mass is 486 g/mol. The van der Waals surface area contributed by atoms with E-state index in [1.165, 1.54) is 4.90 Å². The van der Waals surface area contributed by atoms with Crippen LogP contribution >= 0.6 is 0 Å². The first-order valence-electron chi connectivity index (χ1n) is 12.5. The van der Waals surface area contributed by atoms with Crippen LogP contribution in [0.3, 0.4) is 0 Å². The molecular weight excluding hydrogens is 456 g/mol. The van der Waals surface area contributed by atoms with Gasteiger partial charge in [-0.15, -0.1) is 0 Å². The Hall–Kier alpha value is -3.84. The van der Waals surface area contributed by atoms with Gasteiger partial charge in [0.1, 0.15) is 5.92 Å². The van der Waals surface area contributed by atoms with Crippen LogP contribution in [0.15, 0.2) is 78.9 Å². The number of fused-ring (bicyclic) bond motifs is 1. The second kappa shape index (κ2) is 10.4. The van der Waals surface area contributed by atoms with Gasteiger partial charge < -0.3 is 9.47 Å². The van der Waals surface area contributed by atoms with Gasteiger partial charge in [0.15, 0.2) is 17.6 Å². The fourth-order valence-electron chi connectivity index (χ4n) is 4.81. The third-order valence-electron chi connectivity index (χ3n) is 6.51. The van der Waals surface area contributed by atoms with Crippen LogP contribution < -0.4 is 19.4 Å². The van der Waals surface area contributed by atoms with E-state index in [4.69, 9.17) is 14.3 Å². The molecule has 2 aliphatic heterocycles. The number of carbonyl (C=O) groups excluding carboxylic acids is 2. The van der Waals surface area contributed by atoms with Gasteiger partial charge in [0.25, 0.3) is 5.91 Å². The number of para-hydroxylation sites is 2. The Morgan fingerprint density at radius 3 is 2.17 bits per heavy atom. The van der Waals surface area contributed by atoms with Crippen molar-refractivity contribution >= 4 is 23.2 Å². The lowest BCUT2D eigenvalue weighted by Crippen LogP contribution is -2.37. The van der Waals surface area contributed by atoms with Crippen LogP contribution in [0.25, 0.3) is 0 Å². The molecule has 0 unspecified atom stereocenters. The quantitative estimate of drug-likeness (QED) is 0.301. The van der Waals surface area contributed by atoms with Crippen LogP contribution in [0, 0.1) is 5.92 Å². The molecule has 2 aliphatic rings. The molecule has 0 aliphatic carbocycles. The van der Waals surface area contributed by atoms with E-state index < -0.39 is 18.1 Å². The molecule has 0 radical (unpaired) electrons. The molecule has 7 nitrogen and oxygen atoms in total. The Kier molecular flexibility index (Phi) is 6.91. The zero-order valence-electron chi connectivity index (χ0n) is 20.5. The molecule has 3 atom stereocenters. The zero-order valence-corrected chi connectivity index (χ0v) is 20.5. The van der Waals surface area contributed by atoms with Gasteiger partial charge in [-0.2, -0.15) is 0 Å². The van der Waals surface area contributed by atoms with Crippen LogP contribution in [0.1, 0.15) is 38.3 Å². The highest BCUT2D eigenvalue weighted by molar-refractivity contribution is 6.23. The average Bonchev–Trinajstić information content (AvgIpc) is 3.42. The van der Waals surface area contributed by atoms with Gasteiger partial charge in [-0.3, -0.25) is 14.4 Å². The highest BCUT2D eigenvalue weighted by Crippen LogP contribution is 2.48. The van der Waals surface area contributed by atoms with E-state index in [-0.39, 0.29) is 11.8 Å². The molecule has 3 aromatic carbocycles. The molecule has 2 heterocycles. The van der Waals surface area contributed by atoms with E-state index in [2.05, 4.69) is 6.92 Å². The minimum atomic E-state index is -0.918. The number of hydrogen-bond acceptors (Lipinski definition) is 6. The van der Waals surface area contributed by atoms with Crippen LogP contribution in [0.4, 0.5) is 11.4 Å². The van der Waals surface area contributed by atoms with Crippen LogP contribution in [-0.4, -0.2) is 31.1 Å². The number of nitrogens with zero attached hydrogens (tertiary/aromatic N) is 2. The molecule has 0 spiro atoms. The third-order valence-corrected chi connectivity index (χ3v) is 6.51. The van der Waals surface area contributed by atoms with Gasteiger partial charge in [0.05, 0.1) is 30.6 Å². The van der Waals surface area contributed by atoms with Crippen molar-refractivity contribution < 1.29 is 23.9 Å². The number of carbonyl (C=O) groups is 2. The van der Waals surface area contributed by atoms with Gasteiger partial charge in [0.2, 0.25) is 5.91 Å². The molecule has 5 rings (SSSR count). The number of imide groups is 1. The minimum absolute atomic E-state index is 0.277. The molecule has 0 bridgehead atoms. The van der Waals surface area contributed by atoms with Crippen molar-refractivity contribution in [1.29, 1.82) is 0 Å². The molecule has 36 heavy (non-hydrogen) atoms. The first-order chi connectivity index (χ1) is 17.6. The molecule has 7 heteroatoms. The van der Waals surface area contributed by atoms with E-state index in [0.717, 1.165) is 24.1 Å². The minimum Gasteiger partial charge on any atom is -0.490 e. The summed E-state index contributed by atoms with van der Waals surface area (Å²) in [7, 11) is 0. The van der Waals surface area contributed by atoms with Crippen molar-refractivity contribution in [3.05, 3.63) is 84.4 Å². The summed E-state index contributed by atoms with van der Waals surface area (Å²) in [4.78, 5) is 34.7. The van der Waals surface area contributed by atoms with E-state index in [1.807, 2.05) is 73.7 Å². The number of hydroxylamine groups is 1. The number of ether oxygens (including phenoxy) is 2. The largest absolute Gasteiger partial charge is 0.490 e. The van der Waals surface area contributed by atoms with Crippen molar-refractivity contribution in [2.75, 3.05) is 23.2 Å². The molecule has 2 saturated heterocycles. The standard InChI is InChI=1S/C29H30N2O5/c1-3-5-18-35-23-17-16-20(19-24(23)34-4-2)26-25-27(36-31(26)22-14-10-7-11-15-22)29(33)30(28(25)32)21-12-8-6-9-13-21/h6-17,19,25-27H,3-5,18H2,1-2H3/t25-,26+,27+/m0/s1. The maximum atomic E-state index is 13.8. The van der Waals surface area contributed by atoms with Crippen molar-refractivity contribution in [3.63, 3.8) is 0 Å². The van der Waals surface area contributed by atoms with Crippen molar-refractivity contribution in [2.45, 2.75) is 38.8 Å². The second-order valence-electron chi connectivity index (χ2n) is 8.85. The molecular formula is C29H30N2O5. The number of anilines is 2. The lowest BCUT2D eigenvalue weighted by atomic mass is 9.90. The highest BCUT2D eigenvalue weighted by atomic mass is 16.7. The van der Waals surface area contributed by atoms with Crippen molar-refractivity contribution in [1.82, 2.24) is 0 Å². The summed E-state index contributed by atoms with van der Waals surface area (Å²) in [5.41, 5.74) is 2.13. The fourth-order valence-corrected chi connectivity index (χ4v) is 4.81. The van der Waals surface area contributed by atoms with Crippen molar-refractivity contribution in [3.8, 4) is 11.5 Å². The summed E-state index contributed by atoms with van der Waals surface area (Å²) in [5, 5.41) is 1.69. The number of benzene rings is 3. The van der Waals surface area contributed by atoms with E-state index in [9.17, 15) is 9.59 Å². The lowest BCUT2D eigenvalue weighted by Gasteiger charge is -2.29. The Bertz CT molecular complexity index is 1220. The number of amides is 2. The predicted molar refractivity (Wildman–Crippen MR) is 137 cm³/mol. The van der Waals surface area contributed by atoms with Gasteiger partial charge >= 0.3 is 0 Å². The summed E-state index contributed by atoms with van der Waals surface area (Å²) in [5.74, 6) is -0.0703. The fraction of sp³-hybridized carbons (Fsp3) is 0.310. The van der Waals surface area contributed by atoms with Gasteiger partial charge in [-0.25, -0.2) is 9.96 Å². The number of hydrogen-bond donors (Lipinski definition) is 0. The number of rotatable bonds is 9. The molecule has 0 N–H and O–H groups in total. The van der Waals surface area contributed by atoms with Crippen LogP contribution in [-0.2, 0) is 14.4 Å². The smallest absolute Gasteiger partial charge is 0.266 e. The summed E-state index contributed by atoms with van der Waals surface area (Å²) >= 11 is 0. The topological polar surface area (TPSA) is 68.3 Å². The van der Waals surface area contributed by atoms with Gasteiger partial charge in [-0.1, -0.05) is 55.8 Å². The average molecular weight is 487 g/mol. The van der Waals surface area contributed by atoms with E-state index >= 15 is 0 Å². The summed E-state index contributed by atoms with van der Waals surface area (Å²) < 4.78 is 11.9. The Morgan fingerprint density at radius 1 is 0.806 bits per heavy atom. The molecule has 2 amide bonds. The zero-order chi connectivity index (χ0) is 25.1. The third kappa shape index (κ3) is 4.31. The van der Waals surface area contributed by atoms with E-state index in [0.29, 0.717) is 30.4 Å². The molecule has 3 aromatic rings. The Morgan fingerprint density at radius 2 is 1.50 bits per heavy atom. The molecule has 2 fully saturated rings. The van der Waals surface area contributed by atoms with Gasteiger partial charge in [-0.05, 0) is 55.3 Å². The maximum absolute atomic E-state index is 13.8. The SMILES string of the molecule is CCCCOc1ccc([C@@H]2[C@@H]3C(=O)N(c4ccccc4)C(=O)[C@@H]3ON2c2ccccc2)cc1OCC. The van der Waals surface area contributed by atoms with Crippen LogP contribution in [0.5, 0.6) is 11.5 Å². The Labute approximate surface area is 211 Å². The van der Waals surface area contributed by atoms with Crippen molar-refractivity contribution in [2.24, 2.45) is 5.92 Å². The first kappa shape index (κ1) is 23.9. The highest BCUT2D eigenvalue weighted by Gasteiger charge is 2.60. The summed E-state index contributed by atoms with van der Waals surface area (Å²) in [6, 6.07) is 23.7. The van der Waals surface area contributed by atoms with E-state index in [1.54, 1.807) is 17.2 Å². The second-order valence-corrected chi connectivity index (χ2v) is 8.85. The Balaban J connectivity index is 1.55. The van der Waals surface area contributed by atoms with Gasteiger partial charge in [0, 0.05) is 0 Å². The first-order valence-corrected chi connectivity index (χ1v) is 12.5. The lowest BCUT2D eigenvalue weighted by molar-refractivity contribution is -0.126. The molecule has 0 aromatic heterocycles. The number of unbranched alkanes of at least 4 members (excludes halogenated alkanes) is 1. The maximum Gasteiger partial charge on any atom is 0.266 e. The summed E-state index contributed by atoms with van der Waals surface area (Å²) in [6.45, 7) is 5.11. The molecule has 0 saturated carbocycles. The molecule has 186 valence electrons. The predicted octanol–water partition coefficient (Wildman–Crippen LogP) is 5.32.